The fraction of sp³-hybridized carbons (Fsp3) is 0.379. The molecule has 1 atom stereocenters. The molecule has 0 aliphatic heterocycles. The van der Waals surface area contributed by atoms with Crippen LogP contribution >= 0.6 is 0 Å². The number of hydrogen-bond donors (Lipinski definition) is 0. The smallest absolute Gasteiger partial charge is 0.00943 e. The zero-order chi connectivity index (χ0) is 22.1. The monoisotopic (exact) mass is 388 g/mol. The second kappa shape index (κ2) is 16.4. The molecule has 0 saturated carbocycles. The highest BCUT2D eigenvalue weighted by atomic mass is 14.2. The summed E-state index contributed by atoms with van der Waals surface area (Å²) in [6, 6.07) is 8.59. The Morgan fingerprint density at radius 1 is 1.10 bits per heavy atom. The molecular weight excluding hydrogens is 348 g/mol. The fourth-order valence-corrected chi connectivity index (χ4v) is 3.01. The Morgan fingerprint density at radius 3 is 2.28 bits per heavy atom. The van der Waals surface area contributed by atoms with Gasteiger partial charge in [-0.05, 0) is 62.1 Å². The lowest BCUT2D eigenvalue weighted by atomic mass is 9.88. The van der Waals surface area contributed by atoms with E-state index in [4.69, 9.17) is 0 Å². The molecule has 156 valence electrons. The maximum atomic E-state index is 4.00. The molecule has 1 aromatic rings. The molecular formula is C29H40. The lowest BCUT2D eigenvalue weighted by Crippen LogP contribution is -2.02. The van der Waals surface area contributed by atoms with Crippen molar-refractivity contribution in [3.63, 3.8) is 0 Å². The third-order valence-corrected chi connectivity index (χ3v) is 4.99. The van der Waals surface area contributed by atoms with Crippen LogP contribution in [0.4, 0.5) is 0 Å². The van der Waals surface area contributed by atoms with Crippen LogP contribution in [0.25, 0.3) is 5.57 Å². The summed E-state index contributed by atoms with van der Waals surface area (Å²) < 4.78 is 0. The van der Waals surface area contributed by atoms with Gasteiger partial charge in [-0.3, -0.25) is 0 Å². The summed E-state index contributed by atoms with van der Waals surface area (Å²) in [7, 11) is 0. The van der Waals surface area contributed by atoms with Crippen molar-refractivity contribution in [1.29, 1.82) is 0 Å². The summed E-state index contributed by atoms with van der Waals surface area (Å²) in [5.74, 6) is 0.779. The molecule has 0 heterocycles. The highest BCUT2D eigenvalue weighted by Gasteiger charge is 2.10. The Balaban J connectivity index is 0.000000526. The van der Waals surface area contributed by atoms with E-state index in [2.05, 4.69) is 108 Å². The molecule has 0 saturated heterocycles. The van der Waals surface area contributed by atoms with Crippen molar-refractivity contribution in [3.8, 4) is 12.8 Å². The van der Waals surface area contributed by atoms with Crippen molar-refractivity contribution < 1.29 is 0 Å². The predicted octanol–water partition coefficient (Wildman–Crippen LogP) is 8.73. The van der Waals surface area contributed by atoms with Crippen LogP contribution in [0.1, 0.15) is 71.4 Å². The second-order valence-corrected chi connectivity index (χ2v) is 7.44. The summed E-state index contributed by atoms with van der Waals surface area (Å²) in [6.07, 6.45) is 27.0. The molecule has 1 aliphatic carbocycles. The normalized spacial score (nSPS) is 15.6. The topological polar surface area (TPSA) is 0 Å². The van der Waals surface area contributed by atoms with E-state index < -0.39 is 0 Å². The van der Waals surface area contributed by atoms with Gasteiger partial charge in [-0.25, -0.2) is 0 Å². The highest BCUT2D eigenvalue weighted by molar-refractivity contribution is 5.61. The Bertz CT molecular complexity index is 717. The van der Waals surface area contributed by atoms with E-state index in [9.17, 15) is 0 Å². The Kier molecular flexibility index (Phi) is 15.0. The Hall–Kier alpha value is -2.52. The molecule has 1 aliphatic rings. The van der Waals surface area contributed by atoms with Crippen LogP contribution < -0.4 is 0 Å². The van der Waals surface area contributed by atoms with Crippen molar-refractivity contribution in [1.82, 2.24) is 0 Å². The third kappa shape index (κ3) is 11.2. The van der Waals surface area contributed by atoms with Gasteiger partial charge < -0.3 is 0 Å². The van der Waals surface area contributed by atoms with E-state index in [1.165, 1.54) is 30.4 Å². The molecule has 0 nitrogen and oxygen atoms in total. The van der Waals surface area contributed by atoms with Gasteiger partial charge >= 0.3 is 0 Å². The van der Waals surface area contributed by atoms with Gasteiger partial charge in [0.1, 0.15) is 0 Å². The minimum Gasteiger partial charge on any atom is -0.124 e. The summed E-state index contributed by atoms with van der Waals surface area (Å²) in [5.41, 5.74) is 6.86. The molecule has 0 heteroatoms. The van der Waals surface area contributed by atoms with Crippen molar-refractivity contribution in [2.45, 2.75) is 66.7 Å². The standard InChI is InChI=1S/C16H20.C11H18.C2H2/c1-4-5-6-7-8-9-15-10-12-16(13-11-15)14(2)3;1-4-6-11-8-5-7-9(2)10(11)3;1-2/h5-8,10-13H,2,4,9H2,1,3H3;5,8-9H,4,6-7H2,1-3H3;1-2H/b6-5-,8-7-;;. The summed E-state index contributed by atoms with van der Waals surface area (Å²) >= 11 is 0. The second-order valence-electron chi connectivity index (χ2n) is 7.44. The van der Waals surface area contributed by atoms with Crippen LogP contribution in [-0.2, 0) is 6.42 Å². The van der Waals surface area contributed by atoms with Crippen molar-refractivity contribution in [3.05, 3.63) is 89.6 Å². The zero-order valence-corrected chi connectivity index (χ0v) is 19.2. The molecule has 1 aromatic carbocycles. The van der Waals surface area contributed by atoms with Gasteiger partial charge in [-0.2, -0.15) is 0 Å². The number of allylic oxidation sites excluding steroid dienone is 9. The Morgan fingerprint density at radius 2 is 1.72 bits per heavy atom. The van der Waals surface area contributed by atoms with Crippen molar-refractivity contribution >= 4 is 5.57 Å². The van der Waals surface area contributed by atoms with E-state index in [0.29, 0.717) is 0 Å². The quantitative estimate of drug-likeness (QED) is 0.323. The number of terminal acetylenes is 1. The molecule has 0 fully saturated rings. The lowest BCUT2D eigenvalue weighted by Gasteiger charge is -2.18. The highest BCUT2D eigenvalue weighted by Crippen LogP contribution is 2.26. The van der Waals surface area contributed by atoms with Crippen LogP contribution in [0.3, 0.4) is 0 Å². The lowest BCUT2D eigenvalue weighted by molar-refractivity contribution is 0.667. The first-order chi connectivity index (χ1) is 14.0. The van der Waals surface area contributed by atoms with E-state index in [0.717, 1.165) is 24.3 Å². The largest absolute Gasteiger partial charge is 0.124 e. The van der Waals surface area contributed by atoms with E-state index in [1.54, 1.807) is 11.1 Å². The number of hydrogen-bond acceptors (Lipinski definition) is 0. The maximum absolute atomic E-state index is 4.00. The van der Waals surface area contributed by atoms with E-state index >= 15 is 0 Å². The molecule has 0 aromatic heterocycles. The van der Waals surface area contributed by atoms with E-state index in [1.807, 2.05) is 6.92 Å². The summed E-state index contributed by atoms with van der Waals surface area (Å²) in [6.45, 7) is 14.9. The number of rotatable bonds is 7. The summed E-state index contributed by atoms with van der Waals surface area (Å²) in [4.78, 5) is 0. The summed E-state index contributed by atoms with van der Waals surface area (Å²) in [5, 5.41) is 0. The molecule has 0 spiro atoms. The first-order valence-electron chi connectivity index (χ1n) is 10.8. The van der Waals surface area contributed by atoms with Gasteiger partial charge in [0.05, 0.1) is 0 Å². The van der Waals surface area contributed by atoms with Gasteiger partial charge in [0.25, 0.3) is 0 Å². The Labute approximate surface area is 180 Å². The molecule has 0 radical (unpaired) electrons. The predicted molar refractivity (Wildman–Crippen MR) is 134 cm³/mol. The molecule has 1 unspecified atom stereocenters. The van der Waals surface area contributed by atoms with Crippen LogP contribution in [0, 0.1) is 18.8 Å². The first kappa shape index (κ1) is 26.5. The van der Waals surface area contributed by atoms with Crippen molar-refractivity contribution in [2.75, 3.05) is 0 Å². The van der Waals surface area contributed by atoms with Crippen LogP contribution in [0.5, 0.6) is 0 Å². The van der Waals surface area contributed by atoms with Crippen LogP contribution in [-0.4, -0.2) is 0 Å². The van der Waals surface area contributed by atoms with Crippen LogP contribution in [0.15, 0.2) is 78.4 Å². The SMILES string of the molecule is C#C.C=C(C)c1ccc(C/C=C\C=C/CC)cc1.CCCC1=C(C)C(C)CC=C1. The van der Waals surface area contributed by atoms with E-state index in [-0.39, 0.29) is 0 Å². The average Bonchev–Trinajstić information content (AvgIpc) is 2.74. The number of benzene rings is 1. The zero-order valence-electron chi connectivity index (χ0n) is 19.2. The minimum atomic E-state index is 0.779. The first-order valence-corrected chi connectivity index (χ1v) is 10.8. The minimum absolute atomic E-state index is 0.779. The van der Waals surface area contributed by atoms with Gasteiger partial charge in [-0.15, -0.1) is 12.8 Å². The van der Waals surface area contributed by atoms with Gasteiger partial charge in [0, 0.05) is 0 Å². The van der Waals surface area contributed by atoms with Gasteiger partial charge in [-0.1, -0.05) is 106 Å². The molecule has 2 rings (SSSR count). The van der Waals surface area contributed by atoms with Gasteiger partial charge in [0.2, 0.25) is 0 Å². The third-order valence-electron chi connectivity index (χ3n) is 4.99. The van der Waals surface area contributed by atoms with Crippen LogP contribution in [0.2, 0.25) is 0 Å². The van der Waals surface area contributed by atoms with Gasteiger partial charge in [0.15, 0.2) is 0 Å². The van der Waals surface area contributed by atoms with Crippen molar-refractivity contribution in [2.24, 2.45) is 5.92 Å². The fourth-order valence-electron chi connectivity index (χ4n) is 3.01. The average molecular weight is 389 g/mol. The molecule has 0 amide bonds. The molecule has 0 bridgehead atoms. The maximum Gasteiger partial charge on any atom is -0.00943 e. The molecule has 29 heavy (non-hydrogen) atoms. The molecule has 0 N–H and O–H groups in total.